The molecular formula is C10H13S. The molecule has 0 aliphatic carbocycles. The number of aryl methyl sites for hydroxylation is 2. The van der Waals surface area contributed by atoms with Crippen LogP contribution in [0.15, 0.2) is 17.0 Å². The van der Waals surface area contributed by atoms with Gasteiger partial charge in [0.1, 0.15) is 0 Å². The van der Waals surface area contributed by atoms with E-state index in [1.807, 2.05) is 11.8 Å². The molecule has 1 rings (SSSR count). The average molecular weight is 165 g/mol. The van der Waals surface area contributed by atoms with Crippen molar-refractivity contribution in [2.24, 2.45) is 0 Å². The minimum absolute atomic E-state index is 1.14. The van der Waals surface area contributed by atoms with Gasteiger partial charge in [-0.15, -0.1) is 11.8 Å². The van der Waals surface area contributed by atoms with E-state index in [2.05, 4.69) is 39.0 Å². The summed E-state index contributed by atoms with van der Waals surface area (Å²) < 4.78 is 0. The quantitative estimate of drug-likeness (QED) is 0.606. The van der Waals surface area contributed by atoms with Gasteiger partial charge in [0, 0.05) is 4.90 Å². The summed E-state index contributed by atoms with van der Waals surface area (Å²) in [5, 5.41) is 0. The molecule has 0 fully saturated rings. The number of thioether (sulfide) groups is 1. The molecule has 0 heterocycles. The molecule has 0 spiro atoms. The Morgan fingerprint density at radius 1 is 1.45 bits per heavy atom. The maximum atomic E-state index is 3.19. The summed E-state index contributed by atoms with van der Waals surface area (Å²) in [5.74, 6) is 1.14. The molecule has 1 aromatic carbocycles. The van der Waals surface area contributed by atoms with Gasteiger partial charge in [0.2, 0.25) is 0 Å². The van der Waals surface area contributed by atoms with Crippen molar-refractivity contribution < 1.29 is 0 Å². The molecule has 0 aliphatic rings. The van der Waals surface area contributed by atoms with Crippen molar-refractivity contribution in [2.45, 2.75) is 25.7 Å². The van der Waals surface area contributed by atoms with E-state index < -0.39 is 0 Å². The first-order chi connectivity index (χ1) is 5.24. The van der Waals surface area contributed by atoms with Crippen molar-refractivity contribution in [3.63, 3.8) is 0 Å². The van der Waals surface area contributed by atoms with Gasteiger partial charge >= 0.3 is 0 Å². The molecule has 0 unspecified atom stereocenters. The van der Waals surface area contributed by atoms with Gasteiger partial charge in [-0.05, 0) is 42.9 Å². The lowest BCUT2D eigenvalue weighted by Gasteiger charge is -2.03. The number of rotatable bonds is 2. The van der Waals surface area contributed by atoms with Crippen LogP contribution in [0, 0.1) is 19.9 Å². The second-order valence-corrected chi connectivity index (χ2v) is 3.90. The normalized spacial score (nSPS) is 10.1. The summed E-state index contributed by atoms with van der Waals surface area (Å²) in [6, 6.07) is 7.45. The molecule has 1 radical (unpaired) electrons. The second kappa shape index (κ2) is 3.82. The molecule has 1 aromatic rings. The lowest BCUT2D eigenvalue weighted by molar-refractivity contribution is 1.25. The minimum Gasteiger partial charge on any atom is -0.126 e. The van der Waals surface area contributed by atoms with E-state index in [1.165, 1.54) is 16.0 Å². The van der Waals surface area contributed by atoms with E-state index in [0.717, 1.165) is 5.75 Å². The van der Waals surface area contributed by atoms with E-state index in [4.69, 9.17) is 0 Å². The van der Waals surface area contributed by atoms with Crippen LogP contribution in [0.1, 0.15) is 18.1 Å². The molecule has 0 atom stereocenters. The van der Waals surface area contributed by atoms with Gasteiger partial charge in [0.05, 0.1) is 0 Å². The van der Waals surface area contributed by atoms with Crippen LogP contribution in [-0.4, -0.2) is 5.75 Å². The minimum atomic E-state index is 1.14. The average Bonchev–Trinajstić information content (AvgIpc) is 1.98. The van der Waals surface area contributed by atoms with Gasteiger partial charge < -0.3 is 0 Å². The summed E-state index contributed by atoms with van der Waals surface area (Å²) in [5.41, 5.74) is 2.56. The SMILES string of the molecule is CCSc1cc(C)[c]cc1C. The highest BCUT2D eigenvalue weighted by molar-refractivity contribution is 7.99. The standard InChI is InChI=1S/C10H13S/c1-4-11-10-7-8(2)5-6-9(10)3/h6-7H,4H2,1-3H3. The maximum Gasteiger partial charge on any atom is 0.0104 e. The fourth-order valence-corrected chi connectivity index (χ4v) is 1.81. The predicted octanol–water partition coefficient (Wildman–Crippen LogP) is 3.22. The lowest BCUT2D eigenvalue weighted by atomic mass is 10.2. The van der Waals surface area contributed by atoms with E-state index in [1.54, 1.807) is 0 Å². The van der Waals surface area contributed by atoms with Crippen molar-refractivity contribution in [2.75, 3.05) is 5.75 Å². The second-order valence-electron chi connectivity index (χ2n) is 2.60. The van der Waals surface area contributed by atoms with Crippen molar-refractivity contribution in [3.8, 4) is 0 Å². The number of benzene rings is 1. The largest absolute Gasteiger partial charge is 0.126 e. The third-order valence-corrected chi connectivity index (χ3v) is 2.59. The zero-order valence-electron chi connectivity index (χ0n) is 7.27. The van der Waals surface area contributed by atoms with E-state index in [-0.39, 0.29) is 0 Å². The fraction of sp³-hybridized carbons (Fsp3) is 0.400. The topological polar surface area (TPSA) is 0 Å². The Morgan fingerprint density at radius 2 is 2.18 bits per heavy atom. The molecule has 0 saturated carbocycles. The Morgan fingerprint density at radius 3 is 2.82 bits per heavy atom. The van der Waals surface area contributed by atoms with Gasteiger partial charge in [-0.25, -0.2) is 0 Å². The molecule has 0 nitrogen and oxygen atoms in total. The first kappa shape index (κ1) is 8.66. The molecular weight excluding hydrogens is 152 g/mol. The van der Waals surface area contributed by atoms with Crippen LogP contribution >= 0.6 is 11.8 Å². The summed E-state index contributed by atoms with van der Waals surface area (Å²) >= 11 is 1.90. The Balaban J connectivity index is 2.93. The molecule has 1 heteroatoms. The Bertz CT molecular complexity index is 241. The van der Waals surface area contributed by atoms with Crippen molar-refractivity contribution >= 4 is 11.8 Å². The first-order valence-corrected chi connectivity index (χ1v) is 4.84. The number of hydrogen-bond donors (Lipinski definition) is 0. The Labute approximate surface area is 73.0 Å². The van der Waals surface area contributed by atoms with Crippen LogP contribution in [0.2, 0.25) is 0 Å². The third-order valence-electron chi connectivity index (χ3n) is 1.55. The first-order valence-electron chi connectivity index (χ1n) is 3.85. The number of hydrogen-bond acceptors (Lipinski definition) is 1. The van der Waals surface area contributed by atoms with Gasteiger partial charge in [0.15, 0.2) is 0 Å². The molecule has 0 saturated heterocycles. The van der Waals surface area contributed by atoms with Crippen LogP contribution in [0.3, 0.4) is 0 Å². The van der Waals surface area contributed by atoms with Gasteiger partial charge in [0.25, 0.3) is 0 Å². The molecule has 0 N–H and O–H groups in total. The lowest BCUT2D eigenvalue weighted by Crippen LogP contribution is -1.81. The van der Waals surface area contributed by atoms with Crippen LogP contribution in [-0.2, 0) is 0 Å². The van der Waals surface area contributed by atoms with Crippen molar-refractivity contribution in [1.29, 1.82) is 0 Å². The molecule has 59 valence electrons. The van der Waals surface area contributed by atoms with E-state index in [0.29, 0.717) is 0 Å². The van der Waals surface area contributed by atoms with Crippen LogP contribution < -0.4 is 0 Å². The zero-order valence-corrected chi connectivity index (χ0v) is 8.09. The summed E-state index contributed by atoms with van der Waals surface area (Å²) in [6.07, 6.45) is 0. The van der Waals surface area contributed by atoms with E-state index >= 15 is 0 Å². The highest BCUT2D eigenvalue weighted by Gasteiger charge is 1.96. The van der Waals surface area contributed by atoms with Gasteiger partial charge in [-0.2, -0.15) is 0 Å². The highest BCUT2D eigenvalue weighted by Crippen LogP contribution is 2.22. The Kier molecular flexibility index (Phi) is 3.01. The summed E-state index contributed by atoms with van der Waals surface area (Å²) in [7, 11) is 0. The maximum absolute atomic E-state index is 3.19. The fourth-order valence-electron chi connectivity index (χ4n) is 0.956. The van der Waals surface area contributed by atoms with Crippen molar-refractivity contribution in [3.05, 3.63) is 29.3 Å². The molecule has 0 bridgehead atoms. The van der Waals surface area contributed by atoms with E-state index in [9.17, 15) is 0 Å². The molecule has 11 heavy (non-hydrogen) atoms. The van der Waals surface area contributed by atoms with Crippen molar-refractivity contribution in [1.82, 2.24) is 0 Å². The zero-order chi connectivity index (χ0) is 8.27. The summed E-state index contributed by atoms with van der Waals surface area (Å²) in [6.45, 7) is 6.39. The van der Waals surface area contributed by atoms with Crippen LogP contribution in [0.25, 0.3) is 0 Å². The van der Waals surface area contributed by atoms with Gasteiger partial charge in [-0.3, -0.25) is 0 Å². The third kappa shape index (κ3) is 2.26. The molecule has 0 amide bonds. The Hall–Kier alpha value is -0.430. The highest BCUT2D eigenvalue weighted by atomic mass is 32.2. The summed E-state index contributed by atoms with van der Waals surface area (Å²) in [4.78, 5) is 1.39. The predicted molar refractivity (Wildman–Crippen MR) is 51.2 cm³/mol. The van der Waals surface area contributed by atoms with Crippen LogP contribution in [0.4, 0.5) is 0 Å². The van der Waals surface area contributed by atoms with Crippen LogP contribution in [0.5, 0.6) is 0 Å². The molecule has 0 aliphatic heterocycles. The smallest absolute Gasteiger partial charge is 0.0104 e. The molecule has 0 aromatic heterocycles. The van der Waals surface area contributed by atoms with Gasteiger partial charge in [-0.1, -0.05) is 13.0 Å². The monoisotopic (exact) mass is 165 g/mol.